The monoisotopic (exact) mass is 259 g/mol. The summed E-state index contributed by atoms with van der Waals surface area (Å²) >= 11 is 0. The molecule has 1 aliphatic heterocycles. The van der Waals surface area contributed by atoms with E-state index in [1.54, 1.807) is 7.11 Å². The van der Waals surface area contributed by atoms with Gasteiger partial charge in [-0.1, -0.05) is 19.1 Å². The van der Waals surface area contributed by atoms with Crippen LogP contribution in [0.5, 0.6) is 5.75 Å². The number of fused-ring (bicyclic) bond motifs is 3. The fourth-order valence-corrected chi connectivity index (χ4v) is 3.73. The van der Waals surface area contributed by atoms with Crippen LogP contribution in [0, 0.1) is 0 Å². The summed E-state index contributed by atoms with van der Waals surface area (Å²) in [5.74, 6) is 1.68. The Hall–Kier alpha value is -1.51. The van der Waals surface area contributed by atoms with E-state index >= 15 is 0 Å². The lowest BCUT2D eigenvalue weighted by Crippen LogP contribution is -2.37. The molecule has 102 valence electrons. The van der Waals surface area contributed by atoms with Crippen LogP contribution in [-0.4, -0.2) is 30.5 Å². The normalized spacial score (nSPS) is 25.2. The first-order valence-electron chi connectivity index (χ1n) is 7.21. The van der Waals surface area contributed by atoms with Gasteiger partial charge in [-0.25, -0.2) is 0 Å². The number of likely N-dealkylation sites (tertiary alicyclic amines) is 1. The molecule has 0 radical (unpaired) electrons. The van der Waals surface area contributed by atoms with Crippen LogP contribution < -0.4 is 4.74 Å². The molecule has 1 saturated heterocycles. The molecule has 0 unspecified atom stereocenters. The molecule has 0 N–H and O–H groups in total. The maximum Gasteiger partial charge on any atom is 0.223 e. The molecule has 3 nitrogen and oxygen atoms in total. The molecule has 1 aromatic rings. The zero-order valence-electron chi connectivity index (χ0n) is 11.7. The largest absolute Gasteiger partial charge is 0.496 e. The Morgan fingerprint density at radius 2 is 2.26 bits per heavy atom. The Morgan fingerprint density at radius 1 is 1.42 bits per heavy atom. The van der Waals surface area contributed by atoms with Gasteiger partial charge in [0.2, 0.25) is 5.91 Å². The van der Waals surface area contributed by atoms with Crippen LogP contribution >= 0.6 is 0 Å². The van der Waals surface area contributed by atoms with Gasteiger partial charge in [-0.15, -0.1) is 0 Å². The Balaban J connectivity index is 1.97. The first-order chi connectivity index (χ1) is 9.26. The second-order valence-electron chi connectivity index (χ2n) is 5.53. The fraction of sp³-hybridized carbons (Fsp3) is 0.562. The topological polar surface area (TPSA) is 29.5 Å². The van der Waals surface area contributed by atoms with Crippen molar-refractivity contribution >= 4 is 5.91 Å². The van der Waals surface area contributed by atoms with Crippen molar-refractivity contribution in [1.82, 2.24) is 4.90 Å². The van der Waals surface area contributed by atoms with Crippen molar-refractivity contribution in [1.29, 1.82) is 0 Å². The van der Waals surface area contributed by atoms with Gasteiger partial charge < -0.3 is 9.64 Å². The number of benzene rings is 1. The lowest BCUT2D eigenvalue weighted by atomic mass is 9.79. The summed E-state index contributed by atoms with van der Waals surface area (Å²) in [4.78, 5) is 14.3. The number of carbonyl (C=O) groups excluding carboxylic acids is 1. The van der Waals surface area contributed by atoms with Crippen molar-refractivity contribution in [3.63, 3.8) is 0 Å². The van der Waals surface area contributed by atoms with E-state index in [2.05, 4.69) is 17.9 Å². The number of amides is 1. The number of methoxy groups -OCH3 is 1. The van der Waals surface area contributed by atoms with E-state index < -0.39 is 0 Å². The first-order valence-corrected chi connectivity index (χ1v) is 7.21. The van der Waals surface area contributed by atoms with Crippen LogP contribution in [0.1, 0.15) is 43.2 Å². The Labute approximate surface area is 114 Å². The summed E-state index contributed by atoms with van der Waals surface area (Å²) in [7, 11) is 1.73. The van der Waals surface area contributed by atoms with E-state index in [-0.39, 0.29) is 0 Å². The lowest BCUT2D eigenvalue weighted by Gasteiger charge is -2.33. The number of rotatable bonds is 3. The second-order valence-corrected chi connectivity index (χ2v) is 5.53. The quantitative estimate of drug-likeness (QED) is 0.835. The Morgan fingerprint density at radius 3 is 3.00 bits per heavy atom. The van der Waals surface area contributed by atoms with Crippen LogP contribution in [0.15, 0.2) is 18.2 Å². The lowest BCUT2D eigenvalue weighted by molar-refractivity contribution is -0.129. The van der Waals surface area contributed by atoms with Crippen molar-refractivity contribution in [2.75, 3.05) is 13.7 Å². The molecule has 1 heterocycles. The molecule has 3 rings (SSSR count). The van der Waals surface area contributed by atoms with Crippen molar-refractivity contribution < 1.29 is 9.53 Å². The third-order valence-corrected chi connectivity index (χ3v) is 4.52. The minimum Gasteiger partial charge on any atom is -0.496 e. The van der Waals surface area contributed by atoms with Gasteiger partial charge in [0.15, 0.2) is 0 Å². The molecule has 2 atom stereocenters. The number of carbonyl (C=O) groups is 1. The highest BCUT2D eigenvalue weighted by molar-refractivity contribution is 5.81. The average Bonchev–Trinajstić information content (AvgIpc) is 2.75. The fourth-order valence-electron chi connectivity index (χ4n) is 3.73. The second kappa shape index (κ2) is 4.87. The number of ether oxygens (including phenoxy) is 1. The highest BCUT2D eigenvalue weighted by atomic mass is 16.5. The van der Waals surface area contributed by atoms with Gasteiger partial charge in [-0.2, -0.15) is 0 Å². The van der Waals surface area contributed by atoms with E-state index in [1.807, 2.05) is 12.1 Å². The van der Waals surface area contributed by atoms with Crippen LogP contribution in [0.4, 0.5) is 0 Å². The summed E-state index contributed by atoms with van der Waals surface area (Å²) in [6, 6.07) is 6.66. The molecule has 0 bridgehead atoms. The minimum atomic E-state index is 0.326. The van der Waals surface area contributed by atoms with Gasteiger partial charge in [0.25, 0.3) is 0 Å². The summed E-state index contributed by atoms with van der Waals surface area (Å²) in [6.07, 6.45) is 3.81. The standard InChI is InChI=1S/C16H21NO2/c1-3-9-17-14-8-7-12-11(13(14)10-16(17)18)5-4-6-15(12)19-2/h4-6,13-14H,3,7-10H2,1-2H3/t13-,14+/m0/s1. The number of hydrogen-bond donors (Lipinski definition) is 0. The minimum absolute atomic E-state index is 0.326. The maximum atomic E-state index is 12.2. The van der Waals surface area contributed by atoms with Crippen LogP contribution in [-0.2, 0) is 11.2 Å². The van der Waals surface area contributed by atoms with Crippen molar-refractivity contribution in [3.8, 4) is 5.75 Å². The zero-order chi connectivity index (χ0) is 13.4. The van der Waals surface area contributed by atoms with Gasteiger partial charge in [-0.05, 0) is 36.5 Å². The molecule has 0 aromatic heterocycles. The predicted octanol–water partition coefficient (Wildman–Crippen LogP) is 2.74. The van der Waals surface area contributed by atoms with Gasteiger partial charge in [0.1, 0.15) is 5.75 Å². The molecule has 1 fully saturated rings. The van der Waals surface area contributed by atoms with Gasteiger partial charge in [0, 0.05) is 24.9 Å². The van der Waals surface area contributed by atoms with Crippen LogP contribution in [0.2, 0.25) is 0 Å². The van der Waals surface area contributed by atoms with Crippen LogP contribution in [0.25, 0.3) is 0 Å². The highest BCUT2D eigenvalue weighted by Crippen LogP contribution is 2.44. The Kier molecular flexibility index (Phi) is 3.21. The van der Waals surface area contributed by atoms with Gasteiger partial charge in [0.05, 0.1) is 7.11 Å². The summed E-state index contributed by atoms with van der Waals surface area (Å²) in [6.45, 7) is 3.04. The molecular formula is C16H21NO2. The highest BCUT2D eigenvalue weighted by Gasteiger charge is 2.43. The van der Waals surface area contributed by atoms with Crippen molar-refractivity contribution in [2.24, 2.45) is 0 Å². The van der Waals surface area contributed by atoms with Gasteiger partial charge in [-0.3, -0.25) is 4.79 Å². The first kappa shape index (κ1) is 12.5. The van der Waals surface area contributed by atoms with E-state index in [9.17, 15) is 4.79 Å². The number of nitrogens with zero attached hydrogens (tertiary/aromatic N) is 1. The summed E-state index contributed by atoms with van der Waals surface area (Å²) in [5.41, 5.74) is 2.65. The third kappa shape index (κ3) is 1.92. The van der Waals surface area contributed by atoms with E-state index in [0.29, 0.717) is 24.3 Å². The molecule has 19 heavy (non-hydrogen) atoms. The van der Waals surface area contributed by atoms with E-state index in [0.717, 1.165) is 31.6 Å². The molecule has 0 spiro atoms. The summed E-state index contributed by atoms with van der Waals surface area (Å²) in [5, 5.41) is 0. The predicted molar refractivity (Wildman–Crippen MR) is 74.5 cm³/mol. The molecule has 0 saturated carbocycles. The van der Waals surface area contributed by atoms with E-state index in [4.69, 9.17) is 4.74 Å². The SMILES string of the molecule is CCCN1C(=O)C[C@H]2c3cccc(OC)c3CC[C@H]21. The number of hydrogen-bond acceptors (Lipinski definition) is 2. The molecular weight excluding hydrogens is 238 g/mol. The van der Waals surface area contributed by atoms with E-state index in [1.165, 1.54) is 11.1 Å². The smallest absolute Gasteiger partial charge is 0.223 e. The third-order valence-electron chi connectivity index (χ3n) is 4.52. The molecule has 1 aromatic carbocycles. The molecule has 3 heteroatoms. The zero-order valence-corrected chi connectivity index (χ0v) is 11.7. The van der Waals surface area contributed by atoms with Gasteiger partial charge >= 0.3 is 0 Å². The van der Waals surface area contributed by atoms with Crippen LogP contribution in [0.3, 0.4) is 0 Å². The molecule has 1 amide bonds. The molecule has 1 aliphatic carbocycles. The Bertz CT molecular complexity index is 498. The maximum absolute atomic E-state index is 12.2. The van der Waals surface area contributed by atoms with Crippen molar-refractivity contribution in [2.45, 2.75) is 44.6 Å². The summed E-state index contributed by atoms with van der Waals surface area (Å²) < 4.78 is 5.46. The molecule has 2 aliphatic rings. The van der Waals surface area contributed by atoms with Crippen molar-refractivity contribution in [3.05, 3.63) is 29.3 Å². The average molecular weight is 259 g/mol.